The average Bonchev–Trinajstić information content (AvgIpc) is 2.60. The van der Waals surface area contributed by atoms with Crippen LogP contribution in [0.2, 0.25) is 0 Å². The monoisotopic (exact) mass is 392 g/mol. The zero-order chi connectivity index (χ0) is 20.4. The Hall–Kier alpha value is -2.65. The fraction of sp³-hybridized carbons (Fsp3) is 0.529. The second kappa shape index (κ2) is 10.5. The van der Waals surface area contributed by atoms with Crippen LogP contribution in [0.1, 0.15) is 31.1 Å². The first-order chi connectivity index (χ1) is 12.7. The fourth-order valence-corrected chi connectivity index (χ4v) is 2.07. The Kier molecular flexibility index (Phi) is 8.70. The maximum atomic E-state index is 12.3. The van der Waals surface area contributed by atoms with Gasteiger partial charge in [-0.25, -0.2) is 0 Å². The molecule has 0 aliphatic carbocycles. The first kappa shape index (κ1) is 22.4. The molecule has 27 heavy (non-hydrogen) atoms. The number of benzene rings is 1. The van der Waals surface area contributed by atoms with Crippen molar-refractivity contribution in [1.82, 2.24) is 10.6 Å². The molecule has 0 spiro atoms. The molecule has 0 bridgehead atoms. The van der Waals surface area contributed by atoms with Gasteiger partial charge in [0.15, 0.2) is 11.5 Å². The Balaban J connectivity index is 2.85. The van der Waals surface area contributed by atoms with E-state index in [0.717, 1.165) is 0 Å². The number of amides is 2. The number of nitrogens with one attached hydrogen (secondary N) is 2. The third-order valence-corrected chi connectivity index (χ3v) is 3.12. The Labute approximate surface area is 155 Å². The van der Waals surface area contributed by atoms with Gasteiger partial charge in [-0.1, -0.05) is 0 Å². The first-order valence-corrected chi connectivity index (χ1v) is 8.44. The Morgan fingerprint density at radius 3 is 1.81 bits per heavy atom. The van der Waals surface area contributed by atoms with Gasteiger partial charge in [-0.2, -0.15) is 13.2 Å². The maximum absolute atomic E-state index is 12.3. The number of ether oxygens (including phenoxy) is 3. The molecule has 0 saturated heterocycles. The van der Waals surface area contributed by atoms with E-state index in [4.69, 9.17) is 14.2 Å². The van der Waals surface area contributed by atoms with Gasteiger partial charge in [0.05, 0.1) is 19.8 Å². The molecule has 0 atom stereocenters. The lowest BCUT2D eigenvalue weighted by Crippen LogP contribution is -2.41. The number of rotatable bonds is 10. The Morgan fingerprint density at radius 2 is 1.37 bits per heavy atom. The van der Waals surface area contributed by atoms with E-state index in [2.05, 4.69) is 5.32 Å². The largest absolute Gasteiger partial charge is 0.490 e. The Morgan fingerprint density at radius 1 is 0.889 bits per heavy atom. The van der Waals surface area contributed by atoms with Crippen molar-refractivity contribution in [1.29, 1.82) is 0 Å². The van der Waals surface area contributed by atoms with E-state index in [1.54, 1.807) is 26.1 Å². The van der Waals surface area contributed by atoms with Crippen molar-refractivity contribution in [2.45, 2.75) is 26.9 Å². The van der Waals surface area contributed by atoms with Crippen LogP contribution in [-0.2, 0) is 4.79 Å². The van der Waals surface area contributed by atoms with E-state index in [0.29, 0.717) is 37.1 Å². The lowest BCUT2D eigenvalue weighted by atomic mass is 10.1. The number of halogens is 3. The molecule has 0 unspecified atom stereocenters. The highest BCUT2D eigenvalue weighted by Crippen LogP contribution is 2.39. The quantitative estimate of drug-likeness (QED) is 0.597. The standard InChI is InChI=1S/C17H23F3N2O5/c1-4-25-12-9-11(10-13(26-5-2)14(12)27-6-3)15(23)21-7-8-22-16(24)17(18,19)20/h9-10H,4-8H2,1-3H3,(H,21,23)(H,22,24). The molecule has 0 saturated carbocycles. The van der Waals surface area contributed by atoms with Gasteiger partial charge < -0.3 is 24.8 Å². The van der Waals surface area contributed by atoms with E-state index < -0.39 is 18.0 Å². The molecule has 1 aromatic rings. The number of carbonyl (C=O) groups excluding carboxylic acids is 2. The van der Waals surface area contributed by atoms with Crippen LogP contribution in [0.3, 0.4) is 0 Å². The summed E-state index contributed by atoms with van der Waals surface area (Å²) in [6.45, 7) is 5.82. The molecule has 1 rings (SSSR count). The lowest BCUT2D eigenvalue weighted by Gasteiger charge is -2.17. The molecule has 10 heteroatoms. The molecule has 0 aromatic heterocycles. The van der Waals surface area contributed by atoms with Gasteiger partial charge in [0, 0.05) is 18.7 Å². The Bertz CT molecular complexity index is 623. The summed E-state index contributed by atoms with van der Waals surface area (Å²) < 4.78 is 52.8. The van der Waals surface area contributed by atoms with Crippen molar-refractivity contribution >= 4 is 11.8 Å². The molecule has 2 amide bonds. The summed E-state index contributed by atoms with van der Waals surface area (Å²) >= 11 is 0. The highest BCUT2D eigenvalue weighted by atomic mass is 19.4. The third kappa shape index (κ3) is 6.87. The van der Waals surface area contributed by atoms with Crippen LogP contribution in [0.15, 0.2) is 12.1 Å². The van der Waals surface area contributed by atoms with Crippen LogP contribution >= 0.6 is 0 Å². The fourth-order valence-electron chi connectivity index (χ4n) is 2.07. The van der Waals surface area contributed by atoms with E-state index >= 15 is 0 Å². The summed E-state index contributed by atoms with van der Waals surface area (Å²) in [7, 11) is 0. The van der Waals surface area contributed by atoms with Gasteiger partial charge >= 0.3 is 12.1 Å². The summed E-state index contributed by atoms with van der Waals surface area (Å²) in [6, 6.07) is 2.92. The summed E-state index contributed by atoms with van der Waals surface area (Å²) in [6.07, 6.45) is -4.96. The second-order valence-electron chi connectivity index (χ2n) is 5.11. The molecule has 7 nitrogen and oxygen atoms in total. The summed E-state index contributed by atoms with van der Waals surface area (Å²) in [5, 5.41) is 4.09. The third-order valence-electron chi connectivity index (χ3n) is 3.12. The van der Waals surface area contributed by atoms with Crippen LogP contribution in [-0.4, -0.2) is 50.9 Å². The van der Waals surface area contributed by atoms with Crippen molar-refractivity contribution in [3.63, 3.8) is 0 Å². The van der Waals surface area contributed by atoms with Gasteiger partial charge in [0.1, 0.15) is 0 Å². The molecule has 0 aliphatic rings. The molecular formula is C17H23F3N2O5. The van der Waals surface area contributed by atoms with Crippen LogP contribution in [0.5, 0.6) is 17.2 Å². The molecule has 0 heterocycles. The van der Waals surface area contributed by atoms with Gasteiger partial charge in [0.2, 0.25) is 5.75 Å². The first-order valence-electron chi connectivity index (χ1n) is 8.44. The lowest BCUT2D eigenvalue weighted by molar-refractivity contribution is -0.173. The number of carbonyl (C=O) groups is 2. The molecule has 0 aliphatic heterocycles. The van der Waals surface area contributed by atoms with Crippen LogP contribution < -0.4 is 24.8 Å². The molecule has 2 N–H and O–H groups in total. The zero-order valence-electron chi connectivity index (χ0n) is 15.4. The summed E-state index contributed by atoms with van der Waals surface area (Å²) in [5.41, 5.74) is 0.188. The molecule has 0 radical (unpaired) electrons. The predicted octanol–water partition coefficient (Wildman–Crippen LogP) is 2.29. The van der Waals surface area contributed by atoms with E-state index in [1.165, 1.54) is 12.1 Å². The minimum Gasteiger partial charge on any atom is -0.490 e. The van der Waals surface area contributed by atoms with Gasteiger partial charge in [-0.05, 0) is 32.9 Å². The molecular weight excluding hydrogens is 369 g/mol. The number of hydrogen-bond donors (Lipinski definition) is 2. The van der Waals surface area contributed by atoms with Crippen molar-refractivity contribution < 1.29 is 37.0 Å². The highest BCUT2D eigenvalue weighted by Gasteiger charge is 2.38. The topological polar surface area (TPSA) is 85.9 Å². The van der Waals surface area contributed by atoms with Crippen molar-refractivity contribution in [3.05, 3.63) is 17.7 Å². The van der Waals surface area contributed by atoms with E-state index in [1.807, 2.05) is 0 Å². The van der Waals surface area contributed by atoms with Crippen LogP contribution in [0, 0.1) is 0 Å². The van der Waals surface area contributed by atoms with E-state index in [-0.39, 0.29) is 18.7 Å². The minimum absolute atomic E-state index is 0.179. The van der Waals surface area contributed by atoms with Gasteiger partial charge in [-0.15, -0.1) is 0 Å². The van der Waals surface area contributed by atoms with Crippen LogP contribution in [0.25, 0.3) is 0 Å². The van der Waals surface area contributed by atoms with E-state index in [9.17, 15) is 22.8 Å². The summed E-state index contributed by atoms with van der Waals surface area (Å²) in [4.78, 5) is 23.0. The summed E-state index contributed by atoms with van der Waals surface area (Å²) in [5.74, 6) is -1.60. The van der Waals surface area contributed by atoms with Crippen LogP contribution in [0.4, 0.5) is 13.2 Å². The highest BCUT2D eigenvalue weighted by molar-refractivity contribution is 5.95. The SMILES string of the molecule is CCOc1cc(C(=O)NCCNC(=O)C(F)(F)F)cc(OCC)c1OCC. The predicted molar refractivity (Wildman–Crippen MR) is 91.3 cm³/mol. The molecule has 0 fully saturated rings. The minimum atomic E-state index is -4.96. The second-order valence-corrected chi connectivity index (χ2v) is 5.11. The van der Waals surface area contributed by atoms with Gasteiger partial charge in [-0.3, -0.25) is 9.59 Å². The zero-order valence-corrected chi connectivity index (χ0v) is 15.4. The van der Waals surface area contributed by atoms with Crippen molar-refractivity contribution in [2.75, 3.05) is 32.9 Å². The van der Waals surface area contributed by atoms with Gasteiger partial charge in [0.25, 0.3) is 5.91 Å². The molecule has 152 valence electrons. The van der Waals surface area contributed by atoms with Crippen molar-refractivity contribution in [2.24, 2.45) is 0 Å². The molecule has 1 aromatic carbocycles. The number of alkyl halides is 3. The smallest absolute Gasteiger partial charge is 0.471 e. The normalized spacial score (nSPS) is 10.9. The average molecular weight is 392 g/mol. The van der Waals surface area contributed by atoms with Crippen molar-refractivity contribution in [3.8, 4) is 17.2 Å². The number of hydrogen-bond acceptors (Lipinski definition) is 5. The maximum Gasteiger partial charge on any atom is 0.471 e.